The smallest absolute Gasteiger partial charge is 0.322 e. The second-order valence-electron chi connectivity index (χ2n) is 15.7. The molecule has 9 nitrogen and oxygen atoms in total. The van der Waals surface area contributed by atoms with Gasteiger partial charge in [-0.05, 0) is 74.6 Å². The minimum absolute atomic E-state index is 0. The zero-order valence-corrected chi connectivity index (χ0v) is 31.1. The Morgan fingerprint density at radius 2 is 1.77 bits per heavy atom. The largest absolute Gasteiger partial charge is 0.342 e. The normalized spacial score (nSPS) is 23.5. The van der Waals surface area contributed by atoms with Gasteiger partial charge in [-0.25, -0.2) is 9.78 Å². The Hall–Kier alpha value is -2.63. The highest BCUT2D eigenvalue weighted by Crippen LogP contribution is 2.47. The number of hydrogen-bond donors (Lipinski definition) is 1. The Morgan fingerprint density at radius 1 is 1.04 bits per heavy atom. The van der Waals surface area contributed by atoms with Crippen LogP contribution in [0.2, 0.25) is 0 Å². The number of rotatable bonds is 9. The van der Waals surface area contributed by atoms with Crippen molar-refractivity contribution in [1.29, 1.82) is 0 Å². The summed E-state index contributed by atoms with van der Waals surface area (Å²) in [5.41, 5.74) is 2.15. The second kappa shape index (κ2) is 15.1. The predicted octanol–water partition coefficient (Wildman–Crippen LogP) is 7.32. The van der Waals surface area contributed by atoms with Crippen molar-refractivity contribution in [1.82, 2.24) is 24.6 Å². The molecule has 0 bridgehead atoms. The van der Waals surface area contributed by atoms with Crippen molar-refractivity contribution in [2.24, 2.45) is 11.3 Å². The van der Waals surface area contributed by atoms with Crippen molar-refractivity contribution in [2.75, 3.05) is 51.1 Å². The lowest BCUT2D eigenvalue weighted by molar-refractivity contribution is -0.137. The minimum atomic E-state index is -0.389. The zero-order chi connectivity index (χ0) is 34.0. The van der Waals surface area contributed by atoms with E-state index in [0.717, 1.165) is 74.3 Å². The van der Waals surface area contributed by atoms with Crippen LogP contribution < -0.4 is 5.32 Å². The first-order valence-corrected chi connectivity index (χ1v) is 19.8. The molecule has 1 aromatic heterocycles. The summed E-state index contributed by atoms with van der Waals surface area (Å²) in [6.07, 6.45) is 7.71. The van der Waals surface area contributed by atoms with E-state index in [2.05, 4.69) is 50.9 Å². The number of anilines is 1. The lowest BCUT2D eigenvalue weighted by Crippen LogP contribution is -2.50. The van der Waals surface area contributed by atoms with Gasteiger partial charge in [0.1, 0.15) is 5.37 Å². The molecule has 5 heterocycles. The number of nitrogens with one attached hydrogen (secondary N) is 1. The Morgan fingerprint density at radius 3 is 2.48 bits per heavy atom. The number of thiazole rings is 1. The number of carbonyl (C=O) groups excluding carboxylic acids is 3. The molecule has 3 fully saturated rings. The van der Waals surface area contributed by atoms with E-state index < -0.39 is 0 Å². The highest BCUT2D eigenvalue weighted by molar-refractivity contribution is 8.01. The summed E-state index contributed by atoms with van der Waals surface area (Å²) in [5, 5.41) is 3.79. The minimum Gasteiger partial charge on any atom is -0.342 e. The summed E-state index contributed by atoms with van der Waals surface area (Å²) in [6.45, 7) is 17.2. The maximum atomic E-state index is 13.9. The van der Waals surface area contributed by atoms with Crippen LogP contribution in [0.1, 0.15) is 103 Å². The third-order valence-electron chi connectivity index (χ3n) is 10.3. The van der Waals surface area contributed by atoms with E-state index in [0.29, 0.717) is 38.0 Å². The molecule has 48 heavy (non-hydrogen) atoms. The number of likely N-dealkylation sites (tertiary alicyclic amines) is 2. The fraction of sp³-hybridized carbons (Fsp3) is 0.676. The second-order valence-corrected chi connectivity index (χ2v) is 18.1. The molecule has 2 aromatic rings. The van der Waals surface area contributed by atoms with Crippen LogP contribution >= 0.6 is 23.1 Å². The van der Waals surface area contributed by atoms with Crippen LogP contribution in [0.5, 0.6) is 0 Å². The third kappa shape index (κ3) is 8.38. The summed E-state index contributed by atoms with van der Waals surface area (Å²) in [6, 6.07) is 8.04. The molecule has 0 radical (unpaired) electrons. The molecule has 0 saturated carbocycles. The molecule has 0 aliphatic carbocycles. The number of fused-ring (bicyclic) bond motifs is 1. The van der Waals surface area contributed by atoms with Crippen LogP contribution in [0.3, 0.4) is 0 Å². The van der Waals surface area contributed by atoms with Gasteiger partial charge < -0.3 is 24.9 Å². The van der Waals surface area contributed by atoms with Crippen molar-refractivity contribution in [2.45, 2.75) is 102 Å². The third-order valence-corrected chi connectivity index (χ3v) is 13.2. The highest BCUT2D eigenvalue weighted by Gasteiger charge is 2.44. The average molecular weight is 699 g/mol. The van der Waals surface area contributed by atoms with Crippen LogP contribution in [0, 0.1) is 11.3 Å². The molecule has 4 aliphatic rings. The molecule has 3 saturated heterocycles. The van der Waals surface area contributed by atoms with Gasteiger partial charge in [0.15, 0.2) is 0 Å². The van der Waals surface area contributed by atoms with Crippen LogP contribution in [-0.4, -0.2) is 99.5 Å². The van der Waals surface area contributed by atoms with Crippen LogP contribution in [0.25, 0.3) is 0 Å². The fourth-order valence-corrected chi connectivity index (χ4v) is 10.3. The summed E-state index contributed by atoms with van der Waals surface area (Å²) >= 11 is 3.41. The van der Waals surface area contributed by atoms with Gasteiger partial charge in [-0.3, -0.25) is 9.59 Å². The lowest BCUT2D eigenvalue weighted by atomic mass is 9.92. The SMILES string of the molecule is CC(C)CN1CCC(c2ncc(C3S[C@@H](CC(=O)N4CCC(N5CCc6ccccc6NC5=O)CC4)C(=O)N3CCC(C)(C)C)s2)CC1.[HH].[HH]. The van der Waals surface area contributed by atoms with Gasteiger partial charge in [0.05, 0.1) is 15.1 Å². The fourth-order valence-electron chi connectivity index (χ4n) is 7.56. The van der Waals surface area contributed by atoms with E-state index in [1.54, 1.807) is 23.1 Å². The molecule has 1 N–H and O–H groups in total. The number of para-hydroxylation sites is 1. The van der Waals surface area contributed by atoms with E-state index in [4.69, 9.17) is 4.98 Å². The summed E-state index contributed by atoms with van der Waals surface area (Å²) in [5.74, 6) is 1.28. The molecule has 266 valence electrons. The number of thioether (sulfide) groups is 1. The summed E-state index contributed by atoms with van der Waals surface area (Å²) in [7, 11) is 0. The first-order chi connectivity index (χ1) is 22.9. The first-order valence-electron chi connectivity index (χ1n) is 18.0. The monoisotopic (exact) mass is 698 g/mol. The lowest BCUT2D eigenvalue weighted by Gasteiger charge is -2.38. The van der Waals surface area contributed by atoms with E-state index in [9.17, 15) is 14.4 Å². The van der Waals surface area contributed by atoms with Gasteiger partial charge in [-0.2, -0.15) is 0 Å². The van der Waals surface area contributed by atoms with Gasteiger partial charge in [-0.1, -0.05) is 52.8 Å². The van der Waals surface area contributed by atoms with Crippen LogP contribution in [0.4, 0.5) is 10.5 Å². The van der Waals surface area contributed by atoms with E-state index in [-0.39, 0.29) is 49.2 Å². The van der Waals surface area contributed by atoms with Crippen LogP contribution in [-0.2, 0) is 16.0 Å². The zero-order valence-electron chi connectivity index (χ0n) is 29.5. The number of hydrogen-bond acceptors (Lipinski definition) is 7. The Kier molecular flexibility index (Phi) is 11.1. The molecule has 6 rings (SSSR count). The first kappa shape index (κ1) is 35.2. The van der Waals surface area contributed by atoms with E-state index in [1.165, 1.54) is 5.01 Å². The van der Waals surface area contributed by atoms with Crippen molar-refractivity contribution < 1.29 is 17.2 Å². The van der Waals surface area contributed by atoms with Crippen molar-refractivity contribution >= 4 is 46.6 Å². The molecule has 11 heteroatoms. The molecule has 1 unspecified atom stereocenters. The quantitative estimate of drug-likeness (QED) is 0.295. The van der Waals surface area contributed by atoms with Gasteiger partial charge in [0.2, 0.25) is 11.8 Å². The van der Waals surface area contributed by atoms with Crippen LogP contribution in [0.15, 0.2) is 30.5 Å². The maximum Gasteiger partial charge on any atom is 0.322 e. The summed E-state index contributed by atoms with van der Waals surface area (Å²) in [4.78, 5) is 55.2. The Labute approximate surface area is 298 Å². The molecular weight excluding hydrogens is 641 g/mol. The maximum absolute atomic E-state index is 13.9. The van der Waals surface area contributed by atoms with Crippen molar-refractivity contribution in [3.05, 3.63) is 45.9 Å². The highest BCUT2D eigenvalue weighted by atomic mass is 32.2. The molecule has 4 amide bonds. The van der Waals surface area contributed by atoms with Crippen molar-refractivity contribution in [3.8, 4) is 0 Å². The van der Waals surface area contributed by atoms with Gasteiger partial charge in [0.25, 0.3) is 0 Å². The van der Waals surface area contributed by atoms with Gasteiger partial charge >= 0.3 is 6.03 Å². The number of piperidine rings is 2. The number of amides is 4. The molecule has 1 aromatic carbocycles. The summed E-state index contributed by atoms with van der Waals surface area (Å²) < 4.78 is 0. The molecule has 0 spiro atoms. The number of carbonyl (C=O) groups is 3. The van der Waals surface area contributed by atoms with Gasteiger partial charge in [-0.15, -0.1) is 23.1 Å². The Bertz CT molecular complexity index is 1450. The number of aromatic nitrogens is 1. The predicted molar refractivity (Wildman–Crippen MR) is 200 cm³/mol. The molecule has 4 aliphatic heterocycles. The Balaban J connectivity index is 0.00000281. The number of benzene rings is 1. The molecular formula is C37H58N6O3S2. The van der Waals surface area contributed by atoms with E-state index >= 15 is 0 Å². The van der Waals surface area contributed by atoms with Crippen molar-refractivity contribution in [3.63, 3.8) is 0 Å². The average Bonchev–Trinajstić information content (AvgIpc) is 3.60. The number of nitrogens with zero attached hydrogens (tertiary/aromatic N) is 5. The van der Waals surface area contributed by atoms with Gasteiger partial charge in [0, 0.05) is 65.8 Å². The number of urea groups is 1. The topological polar surface area (TPSA) is 89.1 Å². The molecule has 2 atom stereocenters. The standard InChI is InChI=1S/C37H54N6O3S2.2H2/c1-25(2)24-40-16-10-27(11-17-40)33-38-23-31(47-33)35-43(21-15-37(3,4)5)34(45)30(48-35)22-32(44)41-18-13-28(14-19-41)42-20-12-26-8-6-7-9-29(26)39-36(42)46;;/h6-9,23,25,27-28,30,35H,10-22,24H2,1-5H3,(H,39,46);2*1H/t30-,35?;;/m0../s1. The van der Waals surface area contributed by atoms with E-state index in [1.807, 2.05) is 39.1 Å².